The topological polar surface area (TPSA) is 40.5 Å². The van der Waals surface area contributed by atoms with E-state index in [0.717, 1.165) is 16.3 Å². The second kappa shape index (κ2) is 6.73. The second-order valence-corrected chi connectivity index (χ2v) is 8.32. The fraction of sp³-hybridized carbons (Fsp3) is 0.462. The fourth-order valence-corrected chi connectivity index (χ4v) is 4.59. The van der Waals surface area contributed by atoms with E-state index in [1.165, 1.54) is 0 Å². The summed E-state index contributed by atoms with van der Waals surface area (Å²) in [5.41, 5.74) is 0.778. The first-order valence-corrected chi connectivity index (χ1v) is 9.25. The van der Waals surface area contributed by atoms with E-state index < -0.39 is 0 Å². The fourth-order valence-electron chi connectivity index (χ4n) is 2.20. The van der Waals surface area contributed by atoms with Crippen molar-refractivity contribution in [1.29, 1.82) is 0 Å². The Labute approximate surface area is 153 Å². The first-order chi connectivity index (χ1) is 8.90. The SMILES string of the molecule is CC1CN(C(=O)c2cc(I)cc(I)c2I)CCC1O. The molecule has 1 saturated heterocycles. The molecule has 1 aromatic rings. The standard InChI is InChI=1S/C13H14I3NO2/c1-7-6-17(3-2-11(7)18)13(19)9-4-8(14)5-10(15)12(9)16/h4-5,7,11,18H,2-3,6H2,1H3. The van der Waals surface area contributed by atoms with Crippen molar-refractivity contribution in [2.24, 2.45) is 5.92 Å². The van der Waals surface area contributed by atoms with Crippen LogP contribution in [-0.4, -0.2) is 35.1 Å². The molecule has 2 atom stereocenters. The van der Waals surface area contributed by atoms with Crippen LogP contribution in [0.3, 0.4) is 0 Å². The molecule has 1 aliphatic heterocycles. The monoisotopic (exact) mass is 597 g/mol. The van der Waals surface area contributed by atoms with Gasteiger partial charge >= 0.3 is 0 Å². The van der Waals surface area contributed by atoms with Crippen molar-refractivity contribution in [1.82, 2.24) is 4.90 Å². The number of aliphatic hydroxyl groups is 1. The molecule has 2 rings (SSSR count). The largest absolute Gasteiger partial charge is 0.393 e. The molecule has 0 aliphatic carbocycles. The Morgan fingerprint density at radius 2 is 2.05 bits per heavy atom. The Bertz CT molecular complexity index is 507. The molecule has 0 saturated carbocycles. The molecule has 104 valence electrons. The number of nitrogens with zero attached hydrogens (tertiary/aromatic N) is 1. The average molecular weight is 597 g/mol. The summed E-state index contributed by atoms with van der Waals surface area (Å²) in [7, 11) is 0. The van der Waals surface area contributed by atoms with Crippen molar-refractivity contribution in [2.45, 2.75) is 19.4 Å². The van der Waals surface area contributed by atoms with Gasteiger partial charge in [-0.2, -0.15) is 0 Å². The number of amides is 1. The van der Waals surface area contributed by atoms with Crippen molar-refractivity contribution in [3.8, 4) is 0 Å². The van der Waals surface area contributed by atoms with E-state index in [0.29, 0.717) is 19.5 Å². The van der Waals surface area contributed by atoms with E-state index in [2.05, 4.69) is 73.8 Å². The molecule has 1 amide bonds. The third kappa shape index (κ3) is 3.73. The van der Waals surface area contributed by atoms with Gasteiger partial charge in [0.25, 0.3) is 5.91 Å². The molecular weight excluding hydrogens is 583 g/mol. The van der Waals surface area contributed by atoms with Crippen LogP contribution < -0.4 is 0 Å². The minimum absolute atomic E-state index is 0.0829. The number of rotatable bonds is 1. The van der Waals surface area contributed by atoms with E-state index >= 15 is 0 Å². The van der Waals surface area contributed by atoms with Crippen molar-refractivity contribution in [3.05, 3.63) is 28.4 Å². The van der Waals surface area contributed by atoms with Gasteiger partial charge in [0.05, 0.1) is 11.7 Å². The number of likely N-dealkylation sites (tertiary alicyclic amines) is 1. The molecule has 1 fully saturated rings. The van der Waals surface area contributed by atoms with Gasteiger partial charge in [0.1, 0.15) is 0 Å². The Kier molecular flexibility index (Phi) is 5.75. The van der Waals surface area contributed by atoms with Crippen LogP contribution in [0.15, 0.2) is 12.1 Å². The highest BCUT2D eigenvalue weighted by Gasteiger charge is 2.28. The van der Waals surface area contributed by atoms with Crippen LogP contribution in [0.5, 0.6) is 0 Å². The smallest absolute Gasteiger partial charge is 0.255 e. The summed E-state index contributed by atoms with van der Waals surface area (Å²) < 4.78 is 3.21. The van der Waals surface area contributed by atoms with Crippen molar-refractivity contribution < 1.29 is 9.90 Å². The van der Waals surface area contributed by atoms with E-state index in [-0.39, 0.29) is 17.9 Å². The first kappa shape index (κ1) is 16.2. The Morgan fingerprint density at radius 3 is 2.68 bits per heavy atom. The lowest BCUT2D eigenvalue weighted by Gasteiger charge is -2.34. The number of benzene rings is 1. The molecule has 0 spiro atoms. The molecule has 1 aliphatic rings. The van der Waals surface area contributed by atoms with E-state index in [4.69, 9.17) is 0 Å². The minimum Gasteiger partial charge on any atom is -0.393 e. The Morgan fingerprint density at radius 1 is 1.37 bits per heavy atom. The summed E-state index contributed by atoms with van der Waals surface area (Å²) in [6, 6.07) is 4.02. The molecule has 2 unspecified atom stereocenters. The zero-order valence-corrected chi connectivity index (χ0v) is 16.8. The molecule has 1 aromatic carbocycles. The predicted molar refractivity (Wildman–Crippen MR) is 100 cm³/mol. The maximum Gasteiger partial charge on any atom is 0.255 e. The van der Waals surface area contributed by atoms with E-state index in [1.807, 2.05) is 17.9 Å². The van der Waals surface area contributed by atoms with Gasteiger partial charge in [0, 0.05) is 23.8 Å². The van der Waals surface area contributed by atoms with Crippen LogP contribution in [0, 0.1) is 16.6 Å². The molecule has 19 heavy (non-hydrogen) atoms. The van der Waals surface area contributed by atoms with Gasteiger partial charge in [-0.05, 0) is 92.2 Å². The summed E-state index contributed by atoms with van der Waals surface area (Å²) in [4.78, 5) is 14.5. The molecule has 1 N–H and O–H groups in total. The van der Waals surface area contributed by atoms with Gasteiger partial charge in [-0.15, -0.1) is 0 Å². The number of carbonyl (C=O) groups is 1. The molecular formula is C13H14I3NO2. The summed E-state index contributed by atoms with van der Waals surface area (Å²) in [5, 5.41) is 9.75. The van der Waals surface area contributed by atoms with Gasteiger partial charge in [-0.3, -0.25) is 4.79 Å². The second-order valence-electron chi connectivity index (χ2n) is 4.83. The van der Waals surface area contributed by atoms with Crippen LogP contribution in [0.2, 0.25) is 0 Å². The lowest BCUT2D eigenvalue weighted by molar-refractivity contribution is 0.0297. The number of piperidine rings is 1. The van der Waals surface area contributed by atoms with Crippen molar-refractivity contribution in [2.75, 3.05) is 13.1 Å². The zero-order chi connectivity index (χ0) is 14.2. The van der Waals surface area contributed by atoms with Gasteiger partial charge in [0.2, 0.25) is 0 Å². The number of halogens is 3. The maximum atomic E-state index is 12.6. The summed E-state index contributed by atoms with van der Waals surface area (Å²) in [5.74, 6) is 0.233. The van der Waals surface area contributed by atoms with E-state index in [9.17, 15) is 9.90 Å². The van der Waals surface area contributed by atoms with Crippen molar-refractivity contribution >= 4 is 73.7 Å². The molecule has 0 bridgehead atoms. The highest BCUT2D eigenvalue weighted by atomic mass is 127. The van der Waals surface area contributed by atoms with E-state index in [1.54, 1.807) is 0 Å². The predicted octanol–water partition coefficient (Wildman–Crippen LogP) is 3.34. The number of hydrogen-bond acceptors (Lipinski definition) is 2. The van der Waals surface area contributed by atoms with Gasteiger partial charge in [-0.25, -0.2) is 0 Å². The zero-order valence-electron chi connectivity index (χ0n) is 10.4. The first-order valence-electron chi connectivity index (χ1n) is 6.02. The van der Waals surface area contributed by atoms with Crippen LogP contribution >= 0.6 is 67.8 Å². The maximum absolute atomic E-state index is 12.6. The van der Waals surface area contributed by atoms with Gasteiger partial charge in [0.15, 0.2) is 0 Å². The van der Waals surface area contributed by atoms with Crippen molar-refractivity contribution in [3.63, 3.8) is 0 Å². The summed E-state index contributed by atoms with van der Waals surface area (Å²) >= 11 is 6.74. The van der Waals surface area contributed by atoms with Crippen LogP contribution in [-0.2, 0) is 0 Å². The molecule has 6 heteroatoms. The highest BCUT2D eigenvalue weighted by Crippen LogP contribution is 2.26. The summed E-state index contributed by atoms with van der Waals surface area (Å²) in [6.45, 7) is 3.27. The molecule has 3 nitrogen and oxygen atoms in total. The molecule has 0 radical (unpaired) electrons. The normalized spacial score (nSPS) is 23.5. The number of aliphatic hydroxyl groups excluding tert-OH is 1. The van der Waals surface area contributed by atoms with Gasteiger partial charge in [-0.1, -0.05) is 6.92 Å². The van der Waals surface area contributed by atoms with Crippen LogP contribution in [0.4, 0.5) is 0 Å². The average Bonchev–Trinajstić information content (AvgIpc) is 2.36. The summed E-state index contributed by atoms with van der Waals surface area (Å²) in [6.07, 6.45) is 0.393. The number of hydrogen-bond donors (Lipinski definition) is 1. The highest BCUT2D eigenvalue weighted by molar-refractivity contribution is 14.1. The Hall–Kier alpha value is 0.840. The third-order valence-corrected chi connectivity index (χ3v) is 7.04. The minimum atomic E-state index is -0.279. The lowest BCUT2D eigenvalue weighted by atomic mass is 9.96. The quantitative estimate of drug-likeness (QED) is 0.399. The molecule has 0 aromatic heterocycles. The van der Waals surface area contributed by atoms with Crippen LogP contribution in [0.25, 0.3) is 0 Å². The van der Waals surface area contributed by atoms with Gasteiger partial charge < -0.3 is 10.0 Å². The number of carbonyl (C=O) groups excluding carboxylic acids is 1. The lowest BCUT2D eigenvalue weighted by Crippen LogP contribution is -2.45. The Balaban J connectivity index is 2.25. The third-order valence-electron chi connectivity index (χ3n) is 3.37. The van der Waals surface area contributed by atoms with Crippen LogP contribution in [0.1, 0.15) is 23.7 Å². The molecule has 1 heterocycles.